The summed E-state index contributed by atoms with van der Waals surface area (Å²) < 4.78 is 52.8. The second kappa shape index (κ2) is 13.0. The lowest BCUT2D eigenvalue weighted by Gasteiger charge is -2.32. The first-order chi connectivity index (χ1) is 17.6. The molecular weight excluding hydrogens is 500 g/mol. The van der Waals surface area contributed by atoms with Gasteiger partial charge in [-0.2, -0.15) is 0 Å². The minimum absolute atomic E-state index is 0.0163. The molecule has 0 heterocycles. The van der Waals surface area contributed by atoms with E-state index in [2.05, 4.69) is 5.32 Å². The van der Waals surface area contributed by atoms with Crippen molar-refractivity contribution in [1.29, 1.82) is 0 Å². The van der Waals surface area contributed by atoms with Crippen LogP contribution >= 0.6 is 0 Å². The number of nitrogens with one attached hydrogen (secondary N) is 1. The van der Waals surface area contributed by atoms with Crippen molar-refractivity contribution in [2.75, 3.05) is 17.1 Å². The average molecular weight is 536 g/mol. The standard InChI is InChI=1S/C27H35F2N3O4S/c1-3-25(27(34)30-21-12-7-8-13-21)31(19-20-10-5-4-6-11-20)26(33)14-9-17-32(37(2,35)36)22-15-16-23(28)24(29)18-22/h4-6,10-11,15-16,18,21,25H,3,7-9,12-14,17,19H2,1-2H3,(H,30,34)/t25-/m1/s1. The molecule has 0 spiro atoms. The summed E-state index contributed by atoms with van der Waals surface area (Å²) in [6, 6.07) is 11.7. The van der Waals surface area contributed by atoms with Crippen LogP contribution in [0.1, 0.15) is 57.4 Å². The number of nitrogens with zero attached hydrogens (tertiary/aromatic N) is 2. The summed E-state index contributed by atoms with van der Waals surface area (Å²) in [4.78, 5) is 28.1. The molecule has 2 aromatic carbocycles. The SMILES string of the molecule is CC[C@H](C(=O)NC1CCCC1)N(Cc1ccccc1)C(=O)CCCN(c1ccc(F)c(F)c1)S(C)(=O)=O. The summed E-state index contributed by atoms with van der Waals surface area (Å²) in [6.45, 7) is 2.01. The van der Waals surface area contributed by atoms with E-state index in [9.17, 15) is 26.8 Å². The van der Waals surface area contributed by atoms with Gasteiger partial charge in [-0.1, -0.05) is 50.1 Å². The quantitative estimate of drug-likeness (QED) is 0.437. The van der Waals surface area contributed by atoms with Crippen LogP contribution in [0.25, 0.3) is 0 Å². The van der Waals surface area contributed by atoms with Gasteiger partial charge in [-0.3, -0.25) is 13.9 Å². The van der Waals surface area contributed by atoms with Crippen molar-refractivity contribution in [2.24, 2.45) is 0 Å². The van der Waals surface area contributed by atoms with Crippen molar-refractivity contribution in [2.45, 2.75) is 70.5 Å². The first kappa shape index (κ1) is 28.6. The van der Waals surface area contributed by atoms with E-state index in [1.807, 2.05) is 37.3 Å². The fourth-order valence-corrected chi connectivity index (χ4v) is 5.67. The summed E-state index contributed by atoms with van der Waals surface area (Å²) in [5, 5.41) is 3.09. The van der Waals surface area contributed by atoms with Crippen LogP contribution in [0.15, 0.2) is 48.5 Å². The monoisotopic (exact) mass is 535 g/mol. The highest BCUT2D eigenvalue weighted by Gasteiger charge is 2.30. The van der Waals surface area contributed by atoms with E-state index < -0.39 is 27.7 Å². The molecule has 0 bridgehead atoms. The van der Waals surface area contributed by atoms with Gasteiger partial charge >= 0.3 is 0 Å². The van der Waals surface area contributed by atoms with Gasteiger partial charge in [0.15, 0.2) is 11.6 Å². The Morgan fingerprint density at radius 3 is 2.32 bits per heavy atom. The van der Waals surface area contributed by atoms with Crippen LogP contribution in [0.5, 0.6) is 0 Å². The Morgan fingerprint density at radius 2 is 1.73 bits per heavy atom. The van der Waals surface area contributed by atoms with E-state index in [0.29, 0.717) is 6.42 Å². The summed E-state index contributed by atoms with van der Waals surface area (Å²) >= 11 is 0. The number of halogens is 2. The third kappa shape index (κ3) is 7.99. The number of amides is 2. The molecule has 202 valence electrons. The van der Waals surface area contributed by atoms with Gasteiger partial charge in [0.05, 0.1) is 11.9 Å². The second-order valence-electron chi connectivity index (χ2n) is 9.46. The van der Waals surface area contributed by atoms with E-state index in [1.165, 1.54) is 6.07 Å². The van der Waals surface area contributed by atoms with Crippen molar-refractivity contribution in [3.8, 4) is 0 Å². The third-order valence-corrected chi connectivity index (χ3v) is 7.82. The maximum Gasteiger partial charge on any atom is 0.243 e. The Labute approximate surface area is 217 Å². The first-order valence-electron chi connectivity index (χ1n) is 12.7. The van der Waals surface area contributed by atoms with Gasteiger partial charge in [0.2, 0.25) is 21.8 Å². The maximum atomic E-state index is 13.7. The minimum Gasteiger partial charge on any atom is -0.352 e. The van der Waals surface area contributed by atoms with Gasteiger partial charge in [-0.05, 0) is 43.4 Å². The Balaban J connectivity index is 1.74. The zero-order valence-electron chi connectivity index (χ0n) is 21.3. The Hall–Kier alpha value is -3.01. The lowest BCUT2D eigenvalue weighted by molar-refractivity contribution is -0.141. The smallest absolute Gasteiger partial charge is 0.243 e. The highest BCUT2D eigenvalue weighted by Crippen LogP contribution is 2.22. The van der Waals surface area contributed by atoms with Crippen molar-refractivity contribution >= 4 is 27.5 Å². The molecule has 0 saturated heterocycles. The van der Waals surface area contributed by atoms with E-state index in [0.717, 1.165) is 53.9 Å². The Kier molecular flexibility index (Phi) is 10.0. The van der Waals surface area contributed by atoms with Gasteiger partial charge in [0.25, 0.3) is 0 Å². The third-order valence-electron chi connectivity index (χ3n) is 6.63. The fourth-order valence-electron chi connectivity index (χ4n) is 4.71. The molecule has 37 heavy (non-hydrogen) atoms. The number of anilines is 1. The van der Waals surface area contributed by atoms with Crippen LogP contribution in [-0.4, -0.2) is 50.0 Å². The van der Waals surface area contributed by atoms with E-state index in [4.69, 9.17) is 0 Å². The fraction of sp³-hybridized carbons (Fsp3) is 0.481. The molecule has 2 aromatic rings. The first-order valence-corrected chi connectivity index (χ1v) is 14.5. The van der Waals surface area contributed by atoms with Crippen LogP contribution in [0, 0.1) is 11.6 Å². The molecule has 1 atom stereocenters. The average Bonchev–Trinajstić information content (AvgIpc) is 3.36. The van der Waals surface area contributed by atoms with Crippen molar-refractivity contribution < 1.29 is 26.8 Å². The van der Waals surface area contributed by atoms with Crippen molar-refractivity contribution in [3.63, 3.8) is 0 Å². The lowest BCUT2D eigenvalue weighted by atomic mass is 10.1. The predicted octanol–water partition coefficient (Wildman–Crippen LogP) is 4.38. The summed E-state index contributed by atoms with van der Waals surface area (Å²) in [5.74, 6) is -2.70. The molecule has 0 aliphatic heterocycles. The summed E-state index contributed by atoms with van der Waals surface area (Å²) in [7, 11) is -3.81. The number of carbonyl (C=O) groups is 2. The van der Waals surface area contributed by atoms with E-state index >= 15 is 0 Å². The van der Waals surface area contributed by atoms with Crippen LogP contribution in [-0.2, 0) is 26.2 Å². The minimum atomic E-state index is -3.81. The summed E-state index contributed by atoms with van der Waals surface area (Å²) in [6.07, 6.45) is 5.53. The zero-order chi connectivity index (χ0) is 27.0. The molecule has 0 aromatic heterocycles. The number of carbonyl (C=O) groups excluding carboxylic acids is 2. The number of sulfonamides is 1. The highest BCUT2D eigenvalue weighted by atomic mass is 32.2. The molecule has 2 amide bonds. The van der Waals surface area contributed by atoms with E-state index in [1.54, 1.807) is 4.90 Å². The topological polar surface area (TPSA) is 86.8 Å². The predicted molar refractivity (Wildman–Crippen MR) is 139 cm³/mol. The zero-order valence-corrected chi connectivity index (χ0v) is 22.1. The number of hydrogen-bond acceptors (Lipinski definition) is 4. The van der Waals surface area contributed by atoms with Crippen LogP contribution < -0.4 is 9.62 Å². The maximum absolute atomic E-state index is 13.7. The van der Waals surface area contributed by atoms with E-state index in [-0.39, 0.29) is 49.5 Å². The number of benzene rings is 2. The van der Waals surface area contributed by atoms with Gasteiger partial charge < -0.3 is 10.2 Å². The molecule has 7 nitrogen and oxygen atoms in total. The number of rotatable bonds is 12. The van der Waals surface area contributed by atoms with Gasteiger partial charge in [0.1, 0.15) is 6.04 Å². The molecular formula is C27H35F2N3O4S. The molecule has 0 unspecified atom stereocenters. The molecule has 1 fully saturated rings. The van der Waals surface area contributed by atoms with Gasteiger partial charge in [-0.15, -0.1) is 0 Å². The number of hydrogen-bond donors (Lipinski definition) is 1. The Morgan fingerprint density at radius 1 is 1.05 bits per heavy atom. The lowest BCUT2D eigenvalue weighted by Crippen LogP contribution is -2.51. The van der Waals surface area contributed by atoms with Crippen LogP contribution in [0.3, 0.4) is 0 Å². The second-order valence-corrected chi connectivity index (χ2v) is 11.4. The van der Waals surface area contributed by atoms with Crippen molar-refractivity contribution in [3.05, 3.63) is 65.7 Å². The normalized spacial score (nSPS) is 14.8. The molecule has 10 heteroatoms. The largest absolute Gasteiger partial charge is 0.352 e. The van der Waals surface area contributed by atoms with Gasteiger partial charge in [0, 0.05) is 31.6 Å². The van der Waals surface area contributed by atoms with Crippen LogP contribution in [0.2, 0.25) is 0 Å². The Bertz CT molecular complexity index is 1170. The van der Waals surface area contributed by atoms with Crippen molar-refractivity contribution in [1.82, 2.24) is 10.2 Å². The van der Waals surface area contributed by atoms with Crippen LogP contribution in [0.4, 0.5) is 14.5 Å². The highest BCUT2D eigenvalue weighted by molar-refractivity contribution is 7.92. The van der Waals surface area contributed by atoms with Gasteiger partial charge in [-0.25, -0.2) is 17.2 Å². The molecule has 1 aliphatic carbocycles. The molecule has 1 saturated carbocycles. The molecule has 1 aliphatic rings. The molecule has 3 rings (SSSR count). The molecule has 0 radical (unpaired) electrons. The molecule has 1 N–H and O–H groups in total. The summed E-state index contributed by atoms with van der Waals surface area (Å²) in [5.41, 5.74) is 0.861.